The molecule has 7 heteroatoms. The molecule has 0 bridgehead atoms. The molecule has 0 aliphatic carbocycles. The van der Waals surface area contributed by atoms with E-state index >= 15 is 0 Å². The Hall–Kier alpha value is -2.70. The molecule has 0 radical (unpaired) electrons. The number of aromatic nitrogens is 5. The highest BCUT2D eigenvalue weighted by Crippen LogP contribution is 2.10. The van der Waals surface area contributed by atoms with Gasteiger partial charge in [-0.3, -0.25) is 14.3 Å². The molecule has 108 valence electrons. The molecule has 0 saturated carbocycles. The van der Waals surface area contributed by atoms with Crippen LogP contribution in [0.25, 0.3) is 5.65 Å². The minimum Gasteiger partial charge on any atom is -0.348 e. The van der Waals surface area contributed by atoms with E-state index in [1.54, 1.807) is 18.3 Å². The standard InChI is InChI=1S/C14H16N6O/c1-8-12(9(2)17-16-8)7-15-14(21)11-4-5-20-10(3)18-19-13(20)6-11/h4-6H,7H2,1-3H3,(H,15,21)(H,16,17). The number of H-pyrrole nitrogens is 1. The summed E-state index contributed by atoms with van der Waals surface area (Å²) in [5.41, 5.74) is 4.11. The van der Waals surface area contributed by atoms with Gasteiger partial charge < -0.3 is 5.32 Å². The van der Waals surface area contributed by atoms with Crippen molar-refractivity contribution < 1.29 is 4.79 Å². The minimum atomic E-state index is -0.141. The lowest BCUT2D eigenvalue weighted by Crippen LogP contribution is -2.23. The molecular weight excluding hydrogens is 268 g/mol. The number of carbonyl (C=O) groups is 1. The van der Waals surface area contributed by atoms with E-state index in [9.17, 15) is 4.79 Å². The lowest BCUT2D eigenvalue weighted by molar-refractivity contribution is 0.0951. The summed E-state index contributed by atoms with van der Waals surface area (Å²) >= 11 is 0. The number of aromatic amines is 1. The second-order valence-corrected chi connectivity index (χ2v) is 4.99. The fourth-order valence-corrected chi connectivity index (χ4v) is 2.26. The minimum absolute atomic E-state index is 0.141. The number of pyridine rings is 1. The van der Waals surface area contributed by atoms with Crippen LogP contribution in [0.15, 0.2) is 18.3 Å². The van der Waals surface area contributed by atoms with E-state index in [0.29, 0.717) is 17.8 Å². The van der Waals surface area contributed by atoms with Crippen molar-refractivity contribution in [2.24, 2.45) is 0 Å². The predicted molar refractivity (Wildman–Crippen MR) is 77.0 cm³/mol. The molecule has 3 aromatic heterocycles. The zero-order valence-electron chi connectivity index (χ0n) is 12.1. The average molecular weight is 284 g/mol. The van der Waals surface area contributed by atoms with Gasteiger partial charge in [0, 0.05) is 29.6 Å². The van der Waals surface area contributed by atoms with Gasteiger partial charge in [-0.05, 0) is 32.9 Å². The molecule has 0 atom stereocenters. The number of nitrogens with zero attached hydrogens (tertiary/aromatic N) is 4. The van der Waals surface area contributed by atoms with Crippen molar-refractivity contribution in [3.05, 3.63) is 46.7 Å². The number of carbonyl (C=O) groups excluding carboxylic acids is 1. The van der Waals surface area contributed by atoms with Crippen LogP contribution in [0.4, 0.5) is 0 Å². The summed E-state index contributed by atoms with van der Waals surface area (Å²) in [4.78, 5) is 12.2. The third-order valence-electron chi connectivity index (χ3n) is 3.55. The van der Waals surface area contributed by atoms with Crippen molar-refractivity contribution >= 4 is 11.6 Å². The maximum absolute atomic E-state index is 12.2. The fourth-order valence-electron chi connectivity index (χ4n) is 2.26. The van der Waals surface area contributed by atoms with Gasteiger partial charge in [0.05, 0.1) is 5.69 Å². The van der Waals surface area contributed by atoms with Crippen LogP contribution in [0.2, 0.25) is 0 Å². The molecule has 7 nitrogen and oxygen atoms in total. The lowest BCUT2D eigenvalue weighted by atomic mass is 10.2. The van der Waals surface area contributed by atoms with Gasteiger partial charge in [0.25, 0.3) is 5.91 Å². The van der Waals surface area contributed by atoms with E-state index in [-0.39, 0.29) is 5.91 Å². The van der Waals surface area contributed by atoms with E-state index in [1.807, 2.05) is 25.2 Å². The normalized spacial score (nSPS) is 11.0. The van der Waals surface area contributed by atoms with Gasteiger partial charge in [-0.2, -0.15) is 5.10 Å². The SMILES string of the molecule is Cc1n[nH]c(C)c1CNC(=O)c1ccn2c(C)nnc2c1. The molecule has 21 heavy (non-hydrogen) atoms. The van der Waals surface area contributed by atoms with Gasteiger partial charge in [-0.15, -0.1) is 10.2 Å². The first-order valence-electron chi connectivity index (χ1n) is 6.66. The smallest absolute Gasteiger partial charge is 0.251 e. The van der Waals surface area contributed by atoms with Crippen LogP contribution in [0.3, 0.4) is 0 Å². The summed E-state index contributed by atoms with van der Waals surface area (Å²) in [6.45, 7) is 6.16. The maximum Gasteiger partial charge on any atom is 0.251 e. The van der Waals surface area contributed by atoms with Gasteiger partial charge in [-0.1, -0.05) is 0 Å². The quantitative estimate of drug-likeness (QED) is 0.759. The topological polar surface area (TPSA) is 88.0 Å². The molecule has 0 unspecified atom stereocenters. The van der Waals surface area contributed by atoms with Gasteiger partial charge in [0.2, 0.25) is 0 Å². The maximum atomic E-state index is 12.2. The summed E-state index contributed by atoms with van der Waals surface area (Å²) in [5, 5.41) is 17.9. The molecule has 0 aromatic carbocycles. The van der Waals surface area contributed by atoms with Crippen LogP contribution in [0, 0.1) is 20.8 Å². The monoisotopic (exact) mass is 284 g/mol. The van der Waals surface area contributed by atoms with E-state index in [2.05, 4.69) is 25.7 Å². The van der Waals surface area contributed by atoms with Crippen LogP contribution in [0.5, 0.6) is 0 Å². The Morgan fingerprint density at radius 3 is 2.86 bits per heavy atom. The van der Waals surface area contributed by atoms with Crippen LogP contribution >= 0.6 is 0 Å². The number of rotatable bonds is 3. The molecule has 2 N–H and O–H groups in total. The zero-order valence-corrected chi connectivity index (χ0v) is 12.1. The van der Waals surface area contributed by atoms with Crippen LogP contribution in [-0.4, -0.2) is 30.7 Å². The third kappa shape index (κ3) is 2.37. The fraction of sp³-hybridized carbons (Fsp3) is 0.286. The van der Waals surface area contributed by atoms with Crippen LogP contribution < -0.4 is 5.32 Å². The Bertz CT molecular complexity index is 797. The number of fused-ring (bicyclic) bond motifs is 1. The lowest BCUT2D eigenvalue weighted by Gasteiger charge is -2.06. The second kappa shape index (κ2) is 5.01. The number of amides is 1. The van der Waals surface area contributed by atoms with Crippen molar-refractivity contribution in [1.29, 1.82) is 0 Å². The summed E-state index contributed by atoms with van der Waals surface area (Å²) < 4.78 is 1.83. The van der Waals surface area contributed by atoms with Crippen LogP contribution in [-0.2, 0) is 6.54 Å². The van der Waals surface area contributed by atoms with Crippen LogP contribution in [0.1, 0.15) is 33.1 Å². The Morgan fingerprint density at radius 2 is 2.14 bits per heavy atom. The number of aryl methyl sites for hydroxylation is 3. The molecule has 0 aliphatic heterocycles. The Labute approximate surface area is 121 Å². The summed E-state index contributed by atoms with van der Waals surface area (Å²) in [6, 6.07) is 3.48. The van der Waals surface area contributed by atoms with Crippen molar-refractivity contribution in [2.75, 3.05) is 0 Å². The molecule has 3 rings (SSSR count). The molecule has 3 aromatic rings. The molecule has 0 saturated heterocycles. The van der Waals surface area contributed by atoms with Gasteiger partial charge in [-0.25, -0.2) is 0 Å². The van der Waals surface area contributed by atoms with E-state index in [1.165, 1.54) is 0 Å². The largest absolute Gasteiger partial charge is 0.348 e. The molecule has 3 heterocycles. The zero-order chi connectivity index (χ0) is 15.0. The highest BCUT2D eigenvalue weighted by molar-refractivity contribution is 5.94. The predicted octanol–water partition coefficient (Wildman–Crippen LogP) is 1.31. The van der Waals surface area contributed by atoms with Crippen molar-refractivity contribution in [1.82, 2.24) is 30.1 Å². The van der Waals surface area contributed by atoms with Crippen molar-refractivity contribution in [3.63, 3.8) is 0 Å². The van der Waals surface area contributed by atoms with E-state index in [0.717, 1.165) is 22.8 Å². The number of hydrogen-bond acceptors (Lipinski definition) is 4. The first kappa shape index (κ1) is 13.3. The second-order valence-electron chi connectivity index (χ2n) is 4.99. The third-order valence-corrected chi connectivity index (χ3v) is 3.55. The Kier molecular flexibility index (Phi) is 3.17. The number of hydrogen-bond donors (Lipinski definition) is 2. The van der Waals surface area contributed by atoms with Crippen molar-refractivity contribution in [2.45, 2.75) is 27.3 Å². The first-order valence-corrected chi connectivity index (χ1v) is 6.66. The molecule has 1 amide bonds. The van der Waals surface area contributed by atoms with Crippen molar-refractivity contribution in [3.8, 4) is 0 Å². The van der Waals surface area contributed by atoms with Gasteiger partial charge in [0.15, 0.2) is 5.65 Å². The Balaban J connectivity index is 1.78. The summed E-state index contributed by atoms with van der Waals surface area (Å²) in [7, 11) is 0. The Morgan fingerprint density at radius 1 is 1.33 bits per heavy atom. The molecule has 0 aliphatic rings. The first-order chi connectivity index (χ1) is 10.1. The van der Waals surface area contributed by atoms with Gasteiger partial charge >= 0.3 is 0 Å². The van der Waals surface area contributed by atoms with E-state index in [4.69, 9.17) is 0 Å². The number of nitrogens with one attached hydrogen (secondary N) is 2. The van der Waals surface area contributed by atoms with Gasteiger partial charge in [0.1, 0.15) is 5.82 Å². The highest BCUT2D eigenvalue weighted by Gasteiger charge is 2.11. The highest BCUT2D eigenvalue weighted by atomic mass is 16.1. The molecule has 0 fully saturated rings. The summed E-state index contributed by atoms with van der Waals surface area (Å²) in [5.74, 6) is 0.653. The van der Waals surface area contributed by atoms with E-state index < -0.39 is 0 Å². The summed E-state index contributed by atoms with van der Waals surface area (Å²) in [6.07, 6.45) is 1.80. The molecular formula is C14H16N6O. The molecule has 0 spiro atoms. The average Bonchev–Trinajstić information content (AvgIpc) is 3.00.